The van der Waals surface area contributed by atoms with Gasteiger partial charge in [0.2, 0.25) is 0 Å². The van der Waals surface area contributed by atoms with E-state index in [1.54, 1.807) is 73.7 Å². The molecule has 1 aliphatic heterocycles. The summed E-state index contributed by atoms with van der Waals surface area (Å²) in [4.78, 5) is 52.4. The minimum atomic E-state index is -1.23. The molecule has 0 fully saturated rings. The van der Waals surface area contributed by atoms with Crippen molar-refractivity contribution in [2.75, 3.05) is 11.9 Å². The third-order valence-electron chi connectivity index (χ3n) is 5.50. The van der Waals surface area contributed by atoms with E-state index in [9.17, 15) is 19.2 Å². The van der Waals surface area contributed by atoms with E-state index in [0.29, 0.717) is 10.7 Å². The topological polar surface area (TPSA) is 92.8 Å². The molecule has 3 aromatic rings. The third-order valence-corrected chi connectivity index (χ3v) is 5.74. The number of ether oxygens (including phenoxy) is 1. The maximum atomic E-state index is 13.1. The number of carbonyl (C=O) groups is 4. The number of hydrogen-bond acceptors (Lipinski definition) is 5. The Morgan fingerprint density at radius 1 is 0.941 bits per heavy atom. The number of anilines is 1. The highest BCUT2D eigenvalue weighted by Gasteiger charge is 2.43. The van der Waals surface area contributed by atoms with E-state index in [1.807, 2.05) is 6.07 Å². The van der Waals surface area contributed by atoms with Gasteiger partial charge in [-0.05, 0) is 42.3 Å². The lowest BCUT2D eigenvalue weighted by atomic mass is 10.0. The van der Waals surface area contributed by atoms with Crippen LogP contribution in [-0.2, 0) is 20.7 Å². The molecule has 0 radical (unpaired) electrons. The van der Waals surface area contributed by atoms with E-state index in [2.05, 4.69) is 5.32 Å². The number of nitrogens with zero attached hydrogens (tertiary/aromatic N) is 1. The number of rotatable bonds is 7. The van der Waals surface area contributed by atoms with Gasteiger partial charge in [-0.15, -0.1) is 0 Å². The molecule has 34 heavy (non-hydrogen) atoms. The number of nitrogens with one attached hydrogen (secondary N) is 1. The second-order valence-corrected chi connectivity index (χ2v) is 8.28. The van der Waals surface area contributed by atoms with Crippen molar-refractivity contribution in [3.8, 4) is 0 Å². The summed E-state index contributed by atoms with van der Waals surface area (Å²) in [6.45, 7) is 1.22. The average Bonchev–Trinajstić information content (AvgIpc) is 3.09. The maximum Gasteiger partial charge on any atom is 0.330 e. The minimum Gasteiger partial charge on any atom is -0.454 e. The molecule has 1 aliphatic rings. The van der Waals surface area contributed by atoms with Crippen molar-refractivity contribution in [3.05, 3.63) is 100 Å². The van der Waals surface area contributed by atoms with E-state index >= 15 is 0 Å². The monoisotopic (exact) mass is 476 g/mol. The molecule has 0 saturated heterocycles. The zero-order valence-corrected chi connectivity index (χ0v) is 19.0. The van der Waals surface area contributed by atoms with Crippen LogP contribution in [0.15, 0.2) is 72.8 Å². The SMILES string of the molecule is Cc1ccc(Cl)cc1NC(=O)COC(=O)[C@H](Cc1ccccc1)N1C(=O)c2ccccc2C1=O. The minimum absolute atomic E-state index is 0.0557. The van der Waals surface area contributed by atoms with Crippen molar-refractivity contribution in [2.24, 2.45) is 0 Å². The summed E-state index contributed by atoms with van der Waals surface area (Å²) in [7, 11) is 0. The van der Waals surface area contributed by atoms with Crippen LogP contribution in [-0.4, -0.2) is 41.2 Å². The zero-order valence-electron chi connectivity index (χ0n) is 18.3. The molecule has 4 rings (SSSR count). The molecule has 8 heteroatoms. The van der Waals surface area contributed by atoms with Crippen LogP contribution in [0.4, 0.5) is 5.69 Å². The number of carbonyl (C=O) groups excluding carboxylic acids is 4. The van der Waals surface area contributed by atoms with Crippen LogP contribution in [0.2, 0.25) is 5.02 Å². The van der Waals surface area contributed by atoms with Crippen LogP contribution in [0.25, 0.3) is 0 Å². The number of esters is 1. The predicted molar refractivity (Wildman–Crippen MR) is 127 cm³/mol. The fourth-order valence-corrected chi connectivity index (χ4v) is 3.93. The number of halogens is 1. The highest BCUT2D eigenvalue weighted by molar-refractivity contribution is 6.31. The molecule has 1 heterocycles. The molecular weight excluding hydrogens is 456 g/mol. The molecule has 1 N–H and O–H groups in total. The van der Waals surface area contributed by atoms with Gasteiger partial charge in [-0.2, -0.15) is 0 Å². The van der Waals surface area contributed by atoms with Crippen molar-refractivity contribution in [1.82, 2.24) is 4.90 Å². The Kier molecular flexibility index (Phi) is 6.75. The lowest BCUT2D eigenvalue weighted by molar-refractivity contribution is -0.151. The molecule has 0 unspecified atom stereocenters. The molecule has 0 aliphatic carbocycles. The Bertz CT molecular complexity index is 1240. The molecule has 0 aromatic heterocycles. The summed E-state index contributed by atoms with van der Waals surface area (Å²) in [6.07, 6.45) is 0.0557. The van der Waals surface area contributed by atoms with Crippen molar-refractivity contribution < 1.29 is 23.9 Å². The molecule has 0 spiro atoms. The Balaban J connectivity index is 1.52. The summed E-state index contributed by atoms with van der Waals surface area (Å²) in [5.41, 5.74) is 2.48. The van der Waals surface area contributed by atoms with Gasteiger partial charge in [0, 0.05) is 17.1 Å². The Hall–Kier alpha value is -3.97. The van der Waals surface area contributed by atoms with E-state index in [0.717, 1.165) is 16.0 Å². The number of fused-ring (bicyclic) bond motifs is 1. The lowest BCUT2D eigenvalue weighted by Gasteiger charge is -2.24. The highest BCUT2D eigenvalue weighted by atomic mass is 35.5. The van der Waals surface area contributed by atoms with Crippen LogP contribution in [0, 0.1) is 6.92 Å². The van der Waals surface area contributed by atoms with Gasteiger partial charge < -0.3 is 10.1 Å². The fraction of sp³-hybridized carbons (Fsp3) is 0.154. The number of aryl methyl sites for hydroxylation is 1. The van der Waals surface area contributed by atoms with Crippen LogP contribution >= 0.6 is 11.6 Å². The summed E-state index contributed by atoms with van der Waals surface area (Å²) in [5, 5.41) is 3.10. The smallest absolute Gasteiger partial charge is 0.330 e. The van der Waals surface area contributed by atoms with Gasteiger partial charge in [0.1, 0.15) is 6.04 Å². The van der Waals surface area contributed by atoms with Gasteiger partial charge >= 0.3 is 5.97 Å². The summed E-state index contributed by atoms with van der Waals surface area (Å²) >= 11 is 5.98. The first kappa shape index (κ1) is 23.2. The Morgan fingerprint density at radius 2 is 1.56 bits per heavy atom. The summed E-state index contributed by atoms with van der Waals surface area (Å²) in [6, 6.07) is 19.2. The van der Waals surface area contributed by atoms with E-state index in [4.69, 9.17) is 16.3 Å². The summed E-state index contributed by atoms with van der Waals surface area (Å²) in [5.74, 6) is -2.56. The quantitative estimate of drug-likeness (QED) is 0.410. The van der Waals surface area contributed by atoms with Gasteiger partial charge in [0.05, 0.1) is 11.1 Å². The van der Waals surface area contributed by atoms with Crippen LogP contribution in [0.3, 0.4) is 0 Å². The predicted octanol–water partition coefficient (Wildman–Crippen LogP) is 4.04. The van der Waals surface area contributed by atoms with Gasteiger partial charge in [-0.1, -0.05) is 60.1 Å². The van der Waals surface area contributed by atoms with Crippen molar-refractivity contribution in [1.29, 1.82) is 0 Å². The number of benzene rings is 3. The highest BCUT2D eigenvalue weighted by Crippen LogP contribution is 2.26. The Morgan fingerprint density at radius 3 is 2.21 bits per heavy atom. The fourth-order valence-electron chi connectivity index (χ4n) is 3.76. The van der Waals surface area contributed by atoms with Gasteiger partial charge in [-0.25, -0.2) is 4.79 Å². The molecule has 0 bridgehead atoms. The van der Waals surface area contributed by atoms with E-state index in [1.165, 1.54) is 0 Å². The van der Waals surface area contributed by atoms with Gasteiger partial charge in [-0.3, -0.25) is 19.3 Å². The summed E-state index contributed by atoms with van der Waals surface area (Å²) < 4.78 is 5.26. The second kappa shape index (κ2) is 9.89. The third kappa shape index (κ3) is 4.84. The molecule has 1 atom stereocenters. The lowest BCUT2D eigenvalue weighted by Crippen LogP contribution is -2.47. The molecule has 3 amide bonds. The molecule has 3 aromatic carbocycles. The van der Waals surface area contributed by atoms with Crippen molar-refractivity contribution in [2.45, 2.75) is 19.4 Å². The molecule has 172 valence electrons. The number of imide groups is 1. The first-order chi connectivity index (χ1) is 16.3. The van der Waals surface area contributed by atoms with E-state index in [-0.39, 0.29) is 17.5 Å². The second-order valence-electron chi connectivity index (χ2n) is 7.85. The first-order valence-electron chi connectivity index (χ1n) is 10.6. The van der Waals surface area contributed by atoms with E-state index < -0.39 is 36.3 Å². The zero-order chi connectivity index (χ0) is 24.2. The number of hydrogen-bond donors (Lipinski definition) is 1. The van der Waals surface area contributed by atoms with Crippen LogP contribution in [0.1, 0.15) is 31.8 Å². The van der Waals surface area contributed by atoms with Crippen LogP contribution < -0.4 is 5.32 Å². The Labute approximate surface area is 201 Å². The largest absolute Gasteiger partial charge is 0.454 e. The molecular formula is C26H21ClN2O5. The normalized spacial score (nSPS) is 13.4. The average molecular weight is 477 g/mol. The van der Waals surface area contributed by atoms with Crippen molar-refractivity contribution in [3.63, 3.8) is 0 Å². The number of amides is 3. The maximum absolute atomic E-state index is 13.1. The molecule has 0 saturated carbocycles. The standard InChI is InChI=1S/C26H21ClN2O5/c1-16-11-12-18(27)14-21(16)28-23(30)15-34-26(33)22(13-17-7-3-2-4-8-17)29-24(31)19-9-5-6-10-20(19)25(29)32/h2-12,14,22H,13,15H2,1H3,(H,28,30)/t22-/m0/s1. The van der Waals surface area contributed by atoms with Crippen LogP contribution in [0.5, 0.6) is 0 Å². The van der Waals surface area contributed by atoms with Gasteiger partial charge in [0.25, 0.3) is 17.7 Å². The first-order valence-corrected chi connectivity index (χ1v) is 11.0. The molecule has 7 nitrogen and oxygen atoms in total. The van der Waals surface area contributed by atoms with Gasteiger partial charge in [0.15, 0.2) is 6.61 Å². The van der Waals surface area contributed by atoms with Crippen molar-refractivity contribution >= 4 is 41.0 Å².